The van der Waals surface area contributed by atoms with Gasteiger partial charge in [-0.25, -0.2) is 4.98 Å². The van der Waals surface area contributed by atoms with E-state index in [0.29, 0.717) is 18.0 Å². The summed E-state index contributed by atoms with van der Waals surface area (Å²) >= 11 is 0. The summed E-state index contributed by atoms with van der Waals surface area (Å²) in [6.07, 6.45) is 0.857. The second-order valence-corrected chi connectivity index (χ2v) is 9.61. The molecule has 0 saturated carbocycles. The van der Waals surface area contributed by atoms with Gasteiger partial charge in [0.2, 0.25) is 11.8 Å². The molecule has 186 valence electrons. The van der Waals surface area contributed by atoms with Crippen molar-refractivity contribution in [2.24, 2.45) is 5.92 Å². The lowest BCUT2D eigenvalue weighted by Crippen LogP contribution is -2.48. The number of hydrogen-bond acceptors (Lipinski definition) is 7. The fourth-order valence-electron chi connectivity index (χ4n) is 4.66. The first-order chi connectivity index (χ1) is 16.7. The van der Waals surface area contributed by atoms with Gasteiger partial charge in [-0.05, 0) is 43.9 Å². The summed E-state index contributed by atoms with van der Waals surface area (Å²) in [7, 11) is 0. The highest BCUT2D eigenvalue weighted by Crippen LogP contribution is 2.31. The third kappa shape index (κ3) is 5.14. The molecule has 0 spiro atoms. The van der Waals surface area contributed by atoms with Gasteiger partial charge in [0.25, 0.3) is 0 Å². The van der Waals surface area contributed by atoms with Crippen LogP contribution in [0.5, 0.6) is 0 Å². The number of β-amino-alcohol motifs (C(OH)–C–C–N with tert-alkyl or cyclic N) is 1. The molecular formula is C26H32N4O5. The van der Waals surface area contributed by atoms with E-state index < -0.39 is 18.1 Å². The lowest BCUT2D eigenvalue weighted by molar-refractivity contribution is -0.141. The number of nitrogens with one attached hydrogen (secondary N) is 1. The van der Waals surface area contributed by atoms with E-state index in [1.165, 1.54) is 11.3 Å². The normalized spacial score (nSPS) is 18.8. The number of oxazole rings is 1. The number of carbonyl (C=O) groups is 2. The Morgan fingerprint density at radius 1 is 1.23 bits per heavy atom. The Morgan fingerprint density at radius 2 is 2.00 bits per heavy atom. The number of aliphatic hydroxyl groups excluding tert-OH is 1. The second-order valence-electron chi connectivity index (χ2n) is 9.61. The number of aromatic nitrogens is 2. The Labute approximate surface area is 204 Å². The van der Waals surface area contributed by atoms with Crippen LogP contribution >= 0.6 is 0 Å². The Hall–Kier alpha value is -3.46. The molecule has 35 heavy (non-hydrogen) atoms. The molecule has 2 N–H and O–H groups in total. The van der Waals surface area contributed by atoms with Crippen LogP contribution in [-0.2, 0) is 16.1 Å². The largest absolute Gasteiger partial charge is 0.443 e. The van der Waals surface area contributed by atoms with E-state index in [0.717, 1.165) is 28.1 Å². The molecule has 2 aromatic heterocycles. The van der Waals surface area contributed by atoms with Crippen molar-refractivity contribution >= 4 is 11.8 Å². The number of rotatable bonds is 7. The first-order valence-corrected chi connectivity index (χ1v) is 11.8. The molecule has 0 bridgehead atoms. The van der Waals surface area contributed by atoms with Gasteiger partial charge in [0.15, 0.2) is 12.2 Å². The van der Waals surface area contributed by atoms with Crippen LogP contribution in [0.1, 0.15) is 54.5 Å². The monoisotopic (exact) mass is 480 g/mol. The SMILES string of the molecule is Cc1cc([C@H](C(=O)N2C[C@H](O)C[C@H]2C(=O)NCc2ccc(-c3ocnc3C)cc2C)C(C)C)on1. The summed E-state index contributed by atoms with van der Waals surface area (Å²) in [5.41, 5.74) is 4.38. The maximum absolute atomic E-state index is 13.5. The molecule has 1 saturated heterocycles. The third-order valence-corrected chi connectivity index (χ3v) is 6.55. The average Bonchev–Trinajstić information content (AvgIpc) is 3.52. The van der Waals surface area contributed by atoms with Crippen LogP contribution in [0.2, 0.25) is 0 Å². The average molecular weight is 481 g/mol. The zero-order chi connectivity index (χ0) is 25.3. The van der Waals surface area contributed by atoms with Crippen molar-refractivity contribution in [3.8, 4) is 11.3 Å². The molecule has 1 aliphatic heterocycles. The van der Waals surface area contributed by atoms with Gasteiger partial charge in [-0.2, -0.15) is 0 Å². The van der Waals surface area contributed by atoms with Gasteiger partial charge in [-0.15, -0.1) is 0 Å². The lowest BCUT2D eigenvalue weighted by Gasteiger charge is -2.28. The van der Waals surface area contributed by atoms with Gasteiger partial charge in [0, 0.05) is 31.1 Å². The Morgan fingerprint density at radius 3 is 2.60 bits per heavy atom. The first-order valence-electron chi connectivity index (χ1n) is 11.8. The molecule has 3 atom stereocenters. The van der Waals surface area contributed by atoms with Crippen LogP contribution in [0.25, 0.3) is 11.3 Å². The molecule has 2 amide bonds. The van der Waals surface area contributed by atoms with Crippen LogP contribution in [0, 0.1) is 26.7 Å². The number of hydrogen-bond donors (Lipinski definition) is 2. The summed E-state index contributed by atoms with van der Waals surface area (Å²) in [6, 6.07) is 6.87. The number of benzene rings is 1. The number of carbonyl (C=O) groups excluding carboxylic acids is 2. The smallest absolute Gasteiger partial charge is 0.243 e. The standard InChI is InChI=1S/C26H32N4O5/c1-14(2)23(22-9-16(4)29-35-22)26(33)30-12-20(31)10-21(30)25(32)27-11-19-7-6-18(8-15(19)3)24-17(5)28-13-34-24/h6-9,13-14,20-21,23,31H,10-12H2,1-5H3,(H,27,32)/t20-,21+,23-/m1/s1. The number of amides is 2. The van der Waals surface area contributed by atoms with Crippen LogP contribution in [0.4, 0.5) is 0 Å². The molecule has 1 aliphatic rings. The van der Waals surface area contributed by atoms with Crippen LogP contribution in [-0.4, -0.2) is 50.7 Å². The molecule has 0 radical (unpaired) electrons. The van der Waals surface area contributed by atoms with Crippen molar-refractivity contribution < 1.29 is 23.6 Å². The van der Waals surface area contributed by atoms with E-state index in [1.54, 1.807) is 13.0 Å². The first kappa shape index (κ1) is 24.7. The van der Waals surface area contributed by atoms with E-state index in [9.17, 15) is 14.7 Å². The van der Waals surface area contributed by atoms with Crippen molar-refractivity contribution in [1.29, 1.82) is 0 Å². The highest BCUT2D eigenvalue weighted by molar-refractivity contribution is 5.91. The van der Waals surface area contributed by atoms with Crippen LogP contribution < -0.4 is 5.32 Å². The van der Waals surface area contributed by atoms with E-state index in [1.807, 2.05) is 45.9 Å². The topological polar surface area (TPSA) is 122 Å². The summed E-state index contributed by atoms with van der Waals surface area (Å²) in [4.78, 5) is 32.3. The van der Waals surface area contributed by atoms with Gasteiger partial charge in [-0.3, -0.25) is 9.59 Å². The van der Waals surface area contributed by atoms with Gasteiger partial charge >= 0.3 is 0 Å². The summed E-state index contributed by atoms with van der Waals surface area (Å²) in [5, 5.41) is 17.2. The zero-order valence-corrected chi connectivity index (χ0v) is 20.7. The maximum atomic E-state index is 13.5. The minimum Gasteiger partial charge on any atom is -0.443 e. The van der Waals surface area contributed by atoms with Crippen molar-refractivity contribution in [3.63, 3.8) is 0 Å². The highest BCUT2D eigenvalue weighted by Gasteiger charge is 2.43. The molecular weight excluding hydrogens is 448 g/mol. The van der Waals surface area contributed by atoms with Crippen LogP contribution in [0.15, 0.2) is 39.6 Å². The van der Waals surface area contributed by atoms with E-state index in [4.69, 9.17) is 8.94 Å². The molecule has 3 heterocycles. The molecule has 9 nitrogen and oxygen atoms in total. The van der Waals surface area contributed by atoms with Crippen molar-refractivity contribution in [2.75, 3.05) is 6.54 Å². The third-order valence-electron chi connectivity index (χ3n) is 6.55. The van der Waals surface area contributed by atoms with E-state index in [-0.39, 0.29) is 30.7 Å². The summed E-state index contributed by atoms with van der Waals surface area (Å²) in [5.74, 6) is 0.0216. The summed E-state index contributed by atoms with van der Waals surface area (Å²) in [6.45, 7) is 9.92. The fourth-order valence-corrected chi connectivity index (χ4v) is 4.66. The molecule has 4 rings (SSSR count). The van der Waals surface area contributed by atoms with Gasteiger partial charge in [-0.1, -0.05) is 31.1 Å². The van der Waals surface area contributed by atoms with Crippen LogP contribution in [0.3, 0.4) is 0 Å². The number of nitrogens with zero attached hydrogens (tertiary/aromatic N) is 3. The molecule has 3 aromatic rings. The van der Waals surface area contributed by atoms with Crippen molar-refractivity contribution in [1.82, 2.24) is 20.4 Å². The maximum Gasteiger partial charge on any atom is 0.243 e. The number of aliphatic hydroxyl groups is 1. The van der Waals surface area contributed by atoms with Crippen molar-refractivity contribution in [2.45, 2.75) is 65.6 Å². The quantitative estimate of drug-likeness (QED) is 0.532. The van der Waals surface area contributed by atoms with E-state index >= 15 is 0 Å². The zero-order valence-electron chi connectivity index (χ0n) is 20.7. The summed E-state index contributed by atoms with van der Waals surface area (Å²) < 4.78 is 10.9. The molecule has 9 heteroatoms. The van der Waals surface area contributed by atoms with E-state index in [2.05, 4.69) is 15.5 Å². The second kappa shape index (κ2) is 10.0. The fraction of sp³-hybridized carbons (Fsp3) is 0.462. The minimum atomic E-state index is -0.759. The number of aryl methyl sites for hydroxylation is 3. The molecule has 1 fully saturated rings. The molecule has 0 unspecified atom stereocenters. The highest BCUT2D eigenvalue weighted by atomic mass is 16.5. The van der Waals surface area contributed by atoms with Crippen molar-refractivity contribution in [3.05, 3.63) is 58.9 Å². The van der Waals surface area contributed by atoms with Gasteiger partial charge < -0.3 is 24.3 Å². The lowest BCUT2D eigenvalue weighted by atomic mass is 9.91. The molecule has 1 aromatic carbocycles. The molecule has 0 aliphatic carbocycles. The Kier molecular flexibility index (Phi) is 7.07. The number of likely N-dealkylation sites (tertiary alicyclic amines) is 1. The van der Waals surface area contributed by atoms with Gasteiger partial charge in [0.05, 0.1) is 17.5 Å². The minimum absolute atomic E-state index is 0.0644. The Balaban J connectivity index is 1.46. The van der Waals surface area contributed by atoms with Gasteiger partial charge in [0.1, 0.15) is 17.7 Å². The predicted octanol–water partition coefficient (Wildman–Crippen LogP) is 3.27. The predicted molar refractivity (Wildman–Crippen MR) is 128 cm³/mol. The Bertz CT molecular complexity index is 1210.